The number of rotatable bonds is 8. The Morgan fingerprint density at radius 3 is 2.17 bits per heavy atom. The standard InChI is InChI=1S/C19H20O5/c1-23-16-9-5-3-7-13(16)14(11-12-18(20)21)19(22)15-8-4-6-10-17(15)24-2/h3-10,14H,11-12H2,1-2H3,(H,20,21)/p-1/t14-/m0/s1. The first-order chi connectivity index (χ1) is 11.6. The van der Waals surface area contributed by atoms with Crippen molar-refractivity contribution in [2.45, 2.75) is 18.8 Å². The van der Waals surface area contributed by atoms with Crippen LogP contribution in [-0.2, 0) is 4.79 Å². The van der Waals surface area contributed by atoms with Gasteiger partial charge >= 0.3 is 0 Å². The van der Waals surface area contributed by atoms with Gasteiger partial charge < -0.3 is 19.4 Å². The van der Waals surface area contributed by atoms with Crippen molar-refractivity contribution >= 4 is 11.8 Å². The molecule has 24 heavy (non-hydrogen) atoms. The van der Waals surface area contributed by atoms with Crippen molar-refractivity contribution in [3.05, 3.63) is 59.7 Å². The first kappa shape index (κ1) is 17.5. The highest BCUT2D eigenvalue weighted by atomic mass is 16.5. The zero-order valence-corrected chi connectivity index (χ0v) is 13.7. The van der Waals surface area contributed by atoms with Crippen LogP contribution in [0.3, 0.4) is 0 Å². The fourth-order valence-corrected chi connectivity index (χ4v) is 2.68. The van der Waals surface area contributed by atoms with Crippen molar-refractivity contribution in [2.75, 3.05) is 14.2 Å². The highest BCUT2D eigenvalue weighted by Gasteiger charge is 2.26. The lowest BCUT2D eigenvalue weighted by atomic mass is 9.86. The highest BCUT2D eigenvalue weighted by Crippen LogP contribution is 2.34. The molecule has 0 radical (unpaired) electrons. The van der Waals surface area contributed by atoms with Crippen molar-refractivity contribution < 1.29 is 24.2 Å². The van der Waals surface area contributed by atoms with E-state index < -0.39 is 11.9 Å². The summed E-state index contributed by atoms with van der Waals surface area (Å²) in [6.07, 6.45) is -0.0941. The molecular weight excluding hydrogens is 308 g/mol. The summed E-state index contributed by atoms with van der Waals surface area (Å²) in [4.78, 5) is 24.0. The molecule has 0 N–H and O–H groups in total. The van der Waals surface area contributed by atoms with E-state index in [2.05, 4.69) is 0 Å². The molecule has 5 nitrogen and oxygen atoms in total. The number of ether oxygens (including phenoxy) is 2. The van der Waals surface area contributed by atoms with E-state index in [1.807, 2.05) is 0 Å². The number of methoxy groups -OCH3 is 2. The zero-order chi connectivity index (χ0) is 17.5. The van der Waals surface area contributed by atoms with E-state index in [0.29, 0.717) is 22.6 Å². The minimum absolute atomic E-state index is 0.125. The Bertz CT molecular complexity index is 723. The van der Waals surface area contributed by atoms with Crippen molar-refractivity contribution in [1.82, 2.24) is 0 Å². The molecule has 0 bridgehead atoms. The molecule has 0 aliphatic rings. The van der Waals surface area contributed by atoms with Crippen LogP contribution in [0.2, 0.25) is 0 Å². The number of carboxylic acids is 1. The first-order valence-corrected chi connectivity index (χ1v) is 7.58. The zero-order valence-electron chi connectivity index (χ0n) is 13.7. The van der Waals surface area contributed by atoms with E-state index in [0.717, 1.165) is 0 Å². The number of carbonyl (C=O) groups is 2. The van der Waals surface area contributed by atoms with Crippen LogP contribution in [0.25, 0.3) is 0 Å². The van der Waals surface area contributed by atoms with E-state index in [1.165, 1.54) is 14.2 Å². The number of Topliss-reactive ketones (excluding diaryl/α,β-unsaturated/α-hetero) is 1. The number of carbonyl (C=O) groups excluding carboxylic acids is 2. The Kier molecular flexibility index (Phi) is 5.95. The fraction of sp³-hybridized carbons (Fsp3) is 0.263. The molecule has 1 atom stereocenters. The minimum atomic E-state index is -1.19. The van der Waals surface area contributed by atoms with Crippen LogP contribution >= 0.6 is 0 Å². The number of carboxylic acid groups (broad SMARTS) is 1. The average Bonchev–Trinajstić information content (AvgIpc) is 2.61. The van der Waals surface area contributed by atoms with Crippen LogP contribution in [0.1, 0.15) is 34.7 Å². The molecule has 5 heteroatoms. The smallest absolute Gasteiger partial charge is 0.174 e. The summed E-state index contributed by atoms with van der Waals surface area (Å²) in [6.45, 7) is 0. The molecule has 0 amide bonds. The van der Waals surface area contributed by atoms with E-state index in [9.17, 15) is 14.7 Å². The van der Waals surface area contributed by atoms with E-state index >= 15 is 0 Å². The molecule has 0 heterocycles. The fourth-order valence-electron chi connectivity index (χ4n) is 2.68. The van der Waals surface area contributed by atoms with Crippen molar-refractivity contribution in [2.24, 2.45) is 0 Å². The van der Waals surface area contributed by atoms with Crippen LogP contribution in [0.4, 0.5) is 0 Å². The van der Waals surface area contributed by atoms with Gasteiger partial charge in [-0.05, 0) is 31.0 Å². The van der Waals surface area contributed by atoms with Crippen molar-refractivity contribution in [3.8, 4) is 11.5 Å². The summed E-state index contributed by atoms with van der Waals surface area (Å²) in [5.41, 5.74) is 1.06. The number of hydrogen-bond acceptors (Lipinski definition) is 5. The molecule has 126 valence electrons. The highest BCUT2D eigenvalue weighted by molar-refractivity contribution is 6.03. The summed E-state index contributed by atoms with van der Waals surface area (Å²) in [6, 6.07) is 14.0. The summed E-state index contributed by atoms with van der Waals surface area (Å²) in [5.74, 6) is -1.06. The van der Waals surface area contributed by atoms with Gasteiger partial charge in [0.2, 0.25) is 0 Å². The van der Waals surface area contributed by atoms with Gasteiger partial charge in [0.1, 0.15) is 11.5 Å². The molecule has 2 rings (SSSR count). The average molecular weight is 327 g/mol. The topological polar surface area (TPSA) is 75.7 Å². The SMILES string of the molecule is COc1ccccc1C(=O)[C@@H](CCC(=O)[O-])c1ccccc1OC. The molecule has 0 aliphatic carbocycles. The molecule has 0 spiro atoms. The summed E-state index contributed by atoms with van der Waals surface area (Å²) >= 11 is 0. The third-order valence-corrected chi connectivity index (χ3v) is 3.84. The lowest BCUT2D eigenvalue weighted by Crippen LogP contribution is -2.24. The summed E-state index contributed by atoms with van der Waals surface area (Å²) in [7, 11) is 3.01. The van der Waals surface area contributed by atoms with Crippen LogP contribution in [-0.4, -0.2) is 26.0 Å². The second-order valence-corrected chi connectivity index (χ2v) is 5.27. The second-order valence-electron chi connectivity index (χ2n) is 5.27. The Morgan fingerprint density at radius 1 is 0.958 bits per heavy atom. The lowest BCUT2D eigenvalue weighted by molar-refractivity contribution is -0.305. The van der Waals surface area contributed by atoms with Gasteiger partial charge in [0.25, 0.3) is 0 Å². The first-order valence-electron chi connectivity index (χ1n) is 7.58. The Labute approximate surface area is 140 Å². The maximum atomic E-state index is 13.1. The minimum Gasteiger partial charge on any atom is -0.550 e. The molecule has 0 aromatic heterocycles. The van der Waals surface area contributed by atoms with Crippen molar-refractivity contribution in [1.29, 1.82) is 0 Å². The van der Waals surface area contributed by atoms with Gasteiger partial charge in [-0.1, -0.05) is 30.3 Å². The van der Waals surface area contributed by atoms with Crippen LogP contribution < -0.4 is 14.6 Å². The van der Waals surface area contributed by atoms with Gasteiger partial charge in [-0.25, -0.2) is 0 Å². The van der Waals surface area contributed by atoms with E-state index in [-0.39, 0.29) is 18.6 Å². The maximum Gasteiger partial charge on any atom is 0.174 e. The molecule has 0 fully saturated rings. The number of hydrogen-bond donors (Lipinski definition) is 0. The Hall–Kier alpha value is -2.82. The normalized spacial score (nSPS) is 11.6. The molecule has 0 saturated heterocycles. The van der Waals surface area contributed by atoms with Gasteiger partial charge in [0, 0.05) is 11.5 Å². The molecular formula is C19H19O5-. The third kappa shape index (κ3) is 3.93. The van der Waals surface area contributed by atoms with Crippen LogP contribution in [0.5, 0.6) is 11.5 Å². The van der Waals surface area contributed by atoms with E-state index in [4.69, 9.17) is 9.47 Å². The van der Waals surface area contributed by atoms with Gasteiger partial charge in [0.05, 0.1) is 25.7 Å². The predicted octanol–water partition coefficient (Wildman–Crippen LogP) is 2.20. The predicted molar refractivity (Wildman–Crippen MR) is 87.3 cm³/mol. The lowest BCUT2D eigenvalue weighted by Gasteiger charge is -2.20. The molecule has 0 aliphatic heterocycles. The third-order valence-electron chi connectivity index (χ3n) is 3.84. The monoisotopic (exact) mass is 327 g/mol. The second kappa shape index (κ2) is 8.15. The largest absolute Gasteiger partial charge is 0.550 e. The van der Waals surface area contributed by atoms with Gasteiger partial charge in [0.15, 0.2) is 5.78 Å². The van der Waals surface area contributed by atoms with Gasteiger partial charge in [-0.2, -0.15) is 0 Å². The molecule has 0 unspecified atom stereocenters. The Morgan fingerprint density at radius 2 is 1.54 bits per heavy atom. The quantitative estimate of drug-likeness (QED) is 0.695. The van der Waals surface area contributed by atoms with Gasteiger partial charge in [-0.15, -0.1) is 0 Å². The van der Waals surface area contributed by atoms with Crippen LogP contribution in [0.15, 0.2) is 48.5 Å². The maximum absolute atomic E-state index is 13.1. The summed E-state index contributed by atoms with van der Waals surface area (Å²) < 4.78 is 10.6. The van der Waals surface area contributed by atoms with Gasteiger partial charge in [-0.3, -0.25) is 4.79 Å². The molecule has 0 saturated carbocycles. The Balaban J connectivity index is 2.45. The summed E-state index contributed by atoms with van der Waals surface area (Å²) in [5, 5.41) is 10.9. The number of ketones is 1. The van der Waals surface area contributed by atoms with Crippen molar-refractivity contribution in [3.63, 3.8) is 0 Å². The molecule has 2 aromatic rings. The number of para-hydroxylation sites is 2. The number of benzene rings is 2. The van der Waals surface area contributed by atoms with Crippen LogP contribution in [0, 0.1) is 0 Å². The number of aliphatic carboxylic acids is 1. The van der Waals surface area contributed by atoms with E-state index in [1.54, 1.807) is 48.5 Å². The molecule has 2 aromatic carbocycles.